The number of piperazine rings is 1. The van der Waals surface area contributed by atoms with Gasteiger partial charge in [0, 0.05) is 64.5 Å². The second-order valence-electron chi connectivity index (χ2n) is 8.61. The van der Waals surface area contributed by atoms with Gasteiger partial charge in [-0.25, -0.2) is 8.42 Å². The fraction of sp³-hybridized carbons (Fsp3) is 0.417. The summed E-state index contributed by atoms with van der Waals surface area (Å²) in [4.78, 5) is 28.1. The molecule has 2 amide bonds. The van der Waals surface area contributed by atoms with E-state index >= 15 is 0 Å². The van der Waals surface area contributed by atoms with Gasteiger partial charge in [-0.1, -0.05) is 12.1 Å². The minimum Gasteiger partial charge on any atom is -0.374 e. The van der Waals surface area contributed by atoms with Crippen LogP contribution in [0.4, 0.5) is 5.69 Å². The molecule has 4 rings (SSSR count). The second-order valence-corrected chi connectivity index (χ2v) is 10.5. The van der Waals surface area contributed by atoms with Crippen LogP contribution < -0.4 is 10.2 Å². The smallest absolute Gasteiger partial charge is 0.251 e. The number of sulfonamides is 1. The van der Waals surface area contributed by atoms with E-state index in [0.29, 0.717) is 25.2 Å². The molecule has 0 radical (unpaired) electrons. The highest BCUT2D eigenvalue weighted by molar-refractivity contribution is 7.89. The lowest BCUT2D eigenvalue weighted by Crippen LogP contribution is -2.49. The highest BCUT2D eigenvalue weighted by Crippen LogP contribution is 2.26. The van der Waals surface area contributed by atoms with E-state index in [1.54, 1.807) is 4.90 Å². The molecule has 0 aliphatic carbocycles. The first-order valence-corrected chi connectivity index (χ1v) is 12.7. The molecule has 0 atom stereocenters. The van der Waals surface area contributed by atoms with Crippen molar-refractivity contribution in [3.8, 4) is 0 Å². The zero-order valence-electron chi connectivity index (χ0n) is 19.1. The number of aryl methyl sites for hydroxylation is 1. The Labute approximate surface area is 195 Å². The molecular weight excluding hydrogens is 440 g/mol. The average molecular weight is 471 g/mol. The van der Waals surface area contributed by atoms with E-state index in [-0.39, 0.29) is 29.8 Å². The highest BCUT2D eigenvalue weighted by atomic mass is 32.2. The van der Waals surface area contributed by atoms with Gasteiger partial charge >= 0.3 is 0 Å². The maximum atomic E-state index is 12.9. The summed E-state index contributed by atoms with van der Waals surface area (Å²) in [6, 6.07) is 12.3. The normalized spacial score (nSPS) is 16.9. The first-order valence-electron chi connectivity index (χ1n) is 11.2. The second kappa shape index (κ2) is 9.52. The predicted molar refractivity (Wildman–Crippen MR) is 127 cm³/mol. The van der Waals surface area contributed by atoms with E-state index < -0.39 is 10.0 Å². The molecule has 2 aromatic rings. The molecule has 33 heavy (non-hydrogen) atoms. The Hall–Kier alpha value is -2.91. The number of hydrogen-bond donors (Lipinski definition) is 1. The van der Waals surface area contributed by atoms with Gasteiger partial charge in [0.25, 0.3) is 5.91 Å². The first-order chi connectivity index (χ1) is 15.8. The molecule has 2 aliphatic rings. The van der Waals surface area contributed by atoms with Gasteiger partial charge in [0.1, 0.15) is 0 Å². The number of carbonyl (C=O) groups excluding carboxylic acids is 2. The summed E-state index contributed by atoms with van der Waals surface area (Å²) < 4.78 is 27.2. The molecule has 0 unspecified atom stereocenters. The van der Waals surface area contributed by atoms with Gasteiger partial charge in [-0.2, -0.15) is 4.31 Å². The standard InChI is InChI=1S/C24H30N4O4S/c1-18(29)27-12-14-28(15-13-27)33(31,32)22-8-6-20(7-9-22)24(30)25-17-19-5-10-23-21(16-19)4-3-11-26(23)2/h5-10,16H,3-4,11-15,17H2,1-2H3,(H,25,30). The van der Waals surface area contributed by atoms with Crippen LogP contribution in [-0.4, -0.2) is 69.2 Å². The molecule has 1 N–H and O–H groups in total. The van der Waals surface area contributed by atoms with Gasteiger partial charge in [0.05, 0.1) is 4.90 Å². The monoisotopic (exact) mass is 470 g/mol. The largest absolute Gasteiger partial charge is 0.374 e. The summed E-state index contributed by atoms with van der Waals surface area (Å²) in [5.74, 6) is -0.297. The Morgan fingerprint density at radius 3 is 2.33 bits per heavy atom. The van der Waals surface area contributed by atoms with Crippen molar-refractivity contribution in [3.05, 3.63) is 59.2 Å². The molecule has 2 aliphatic heterocycles. The van der Waals surface area contributed by atoms with Crippen molar-refractivity contribution in [1.82, 2.24) is 14.5 Å². The maximum absolute atomic E-state index is 12.9. The number of anilines is 1. The third-order valence-corrected chi connectivity index (χ3v) is 8.30. The fourth-order valence-electron chi connectivity index (χ4n) is 4.40. The Bertz CT molecular complexity index is 1140. The van der Waals surface area contributed by atoms with Gasteiger partial charge < -0.3 is 15.1 Å². The average Bonchev–Trinajstić information content (AvgIpc) is 2.82. The van der Waals surface area contributed by atoms with E-state index in [4.69, 9.17) is 0 Å². The van der Waals surface area contributed by atoms with E-state index in [1.165, 1.54) is 46.7 Å². The van der Waals surface area contributed by atoms with E-state index in [9.17, 15) is 18.0 Å². The fourth-order valence-corrected chi connectivity index (χ4v) is 5.83. The number of nitrogens with zero attached hydrogens (tertiary/aromatic N) is 3. The summed E-state index contributed by atoms with van der Waals surface area (Å²) in [5.41, 5.74) is 4.00. The van der Waals surface area contributed by atoms with Crippen LogP contribution >= 0.6 is 0 Å². The van der Waals surface area contributed by atoms with Crippen LogP contribution in [0, 0.1) is 0 Å². The van der Waals surface area contributed by atoms with E-state index in [1.807, 2.05) is 6.07 Å². The van der Waals surface area contributed by atoms with Crippen molar-refractivity contribution in [2.75, 3.05) is 44.7 Å². The molecule has 0 spiro atoms. The molecule has 0 saturated carbocycles. The van der Waals surface area contributed by atoms with Gasteiger partial charge in [0.15, 0.2) is 0 Å². The third-order valence-electron chi connectivity index (χ3n) is 6.39. The molecule has 9 heteroatoms. The lowest BCUT2D eigenvalue weighted by atomic mass is 9.99. The number of nitrogens with one attached hydrogen (secondary N) is 1. The zero-order chi connectivity index (χ0) is 23.6. The summed E-state index contributed by atoms with van der Waals surface area (Å²) in [6.07, 6.45) is 2.17. The predicted octanol–water partition coefficient (Wildman–Crippen LogP) is 1.85. The molecule has 0 bridgehead atoms. The summed E-state index contributed by atoms with van der Waals surface area (Å²) in [5, 5.41) is 2.92. The third kappa shape index (κ3) is 5.04. The lowest BCUT2D eigenvalue weighted by molar-refractivity contribution is -0.129. The topological polar surface area (TPSA) is 90.0 Å². The van der Waals surface area contributed by atoms with Gasteiger partial charge in [-0.05, 0) is 54.3 Å². The SMILES string of the molecule is CC(=O)N1CCN(S(=O)(=O)c2ccc(C(=O)NCc3ccc4c(c3)CCCN4C)cc2)CC1. The quantitative estimate of drug-likeness (QED) is 0.720. The number of benzene rings is 2. The number of hydrogen-bond acceptors (Lipinski definition) is 5. The van der Waals surface area contributed by atoms with Crippen molar-refractivity contribution in [1.29, 1.82) is 0 Å². The molecule has 0 aromatic heterocycles. The summed E-state index contributed by atoms with van der Waals surface area (Å²) in [6.45, 7) is 4.25. The lowest BCUT2D eigenvalue weighted by Gasteiger charge is -2.33. The molecular formula is C24H30N4O4S. The number of rotatable bonds is 5. The maximum Gasteiger partial charge on any atom is 0.251 e. The van der Waals surface area contributed by atoms with Gasteiger partial charge in [-0.3, -0.25) is 9.59 Å². The van der Waals surface area contributed by atoms with E-state index in [0.717, 1.165) is 24.9 Å². The summed E-state index contributed by atoms with van der Waals surface area (Å²) >= 11 is 0. The first kappa shape index (κ1) is 23.3. The van der Waals surface area contributed by atoms with Crippen LogP contribution in [-0.2, 0) is 27.8 Å². The van der Waals surface area contributed by atoms with Crippen molar-refractivity contribution in [2.24, 2.45) is 0 Å². The number of carbonyl (C=O) groups is 2. The van der Waals surface area contributed by atoms with Crippen LogP contribution in [0.3, 0.4) is 0 Å². The van der Waals surface area contributed by atoms with Gasteiger partial charge in [-0.15, -0.1) is 0 Å². The molecule has 1 fully saturated rings. The Kier molecular flexibility index (Phi) is 6.71. The molecule has 8 nitrogen and oxygen atoms in total. The minimum atomic E-state index is -3.66. The summed E-state index contributed by atoms with van der Waals surface area (Å²) in [7, 11) is -1.57. The van der Waals surface area contributed by atoms with Crippen molar-refractivity contribution < 1.29 is 18.0 Å². The van der Waals surface area contributed by atoms with Crippen LogP contribution in [0.25, 0.3) is 0 Å². The van der Waals surface area contributed by atoms with Crippen LogP contribution in [0.5, 0.6) is 0 Å². The zero-order valence-corrected chi connectivity index (χ0v) is 19.9. The Morgan fingerprint density at radius 2 is 1.67 bits per heavy atom. The Balaban J connectivity index is 1.37. The van der Waals surface area contributed by atoms with Crippen molar-refractivity contribution in [2.45, 2.75) is 31.2 Å². The van der Waals surface area contributed by atoms with Crippen LogP contribution in [0.2, 0.25) is 0 Å². The number of amides is 2. The molecule has 1 saturated heterocycles. The van der Waals surface area contributed by atoms with Gasteiger partial charge in [0.2, 0.25) is 15.9 Å². The van der Waals surface area contributed by atoms with Crippen LogP contribution in [0.15, 0.2) is 47.4 Å². The van der Waals surface area contributed by atoms with E-state index in [2.05, 4.69) is 29.4 Å². The molecule has 2 aromatic carbocycles. The van der Waals surface area contributed by atoms with Crippen molar-refractivity contribution in [3.63, 3.8) is 0 Å². The molecule has 176 valence electrons. The highest BCUT2D eigenvalue weighted by Gasteiger charge is 2.29. The molecule has 2 heterocycles. The van der Waals surface area contributed by atoms with Crippen molar-refractivity contribution >= 4 is 27.5 Å². The minimum absolute atomic E-state index is 0.0508. The van der Waals surface area contributed by atoms with Crippen LogP contribution in [0.1, 0.15) is 34.8 Å². The Morgan fingerprint density at radius 1 is 0.970 bits per heavy atom. The number of fused-ring (bicyclic) bond motifs is 1.